The minimum atomic E-state index is 0.811. The van der Waals surface area contributed by atoms with Gasteiger partial charge in [0, 0.05) is 45.1 Å². The van der Waals surface area contributed by atoms with Crippen LogP contribution in [0.5, 0.6) is 0 Å². The second-order valence-electron chi connectivity index (χ2n) is 4.50. The zero-order valence-electron chi connectivity index (χ0n) is 11.8. The standard InChI is InChI=1S/C14H27N3O/c1-3-5-12-18-13-9-15-7-10-17-11-8-16-14(17)6-4-2/h8,11,15H,3-7,9-10,12-13H2,1-2H3. The molecule has 0 atom stereocenters. The maximum absolute atomic E-state index is 5.49. The van der Waals surface area contributed by atoms with Crippen molar-refractivity contribution in [2.75, 3.05) is 26.3 Å². The van der Waals surface area contributed by atoms with Crippen LogP contribution in [0.4, 0.5) is 0 Å². The number of nitrogens with one attached hydrogen (secondary N) is 1. The highest BCUT2D eigenvalue weighted by molar-refractivity contribution is 4.92. The number of imidazole rings is 1. The second kappa shape index (κ2) is 10.1. The lowest BCUT2D eigenvalue weighted by atomic mass is 10.3. The van der Waals surface area contributed by atoms with E-state index in [9.17, 15) is 0 Å². The van der Waals surface area contributed by atoms with Crippen LogP contribution >= 0.6 is 0 Å². The summed E-state index contributed by atoms with van der Waals surface area (Å²) in [7, 11) is 0. The second-order valence-corrected chi connectivity index (χ2v) is 4.50. The van der Waals surface area contributed by atoms with Gasteiger partial charge in [-0.25, -0.2) is 4.98 Å². The summed E-state index contributed by atoms with van der Waals surface area (Å²) in [5.74, 6) is 1.19. The SMILES string of the molecule is CCCCOCCNCCn1ccnc1CCC. The fourth-order valence-corrected chi connectivity index (χ4v) is 1.81. The Morgan fingerprint density at radius 1 is 1.22 bits per heavy atom. The van der Waals surface area contributed by atoms with Crippen LogP contribution in [0.3, 0.4) is 0 Å². The van der Waals surface area contributed by atoms with Crippen molar-refractivity contribution < 1.29 is 4.74 Å². The summed E-state index contributed by atoms with van der Waals surface area (Å²) in [4.78, 5) is 4.37. The number of unbranched alkanes of at least 4 members (excludes halogenated alkanes) is 1. The van der Waals surface area contributed by atoms with E-state index < -0.39 is 0 Å². The van der Waals surface area contributed by atoms with Gasteiger partial charge in [0.2, 0.25) is 0 Å². The third-order valence-electron chi connectivity index (χ3n) is 2.87. The average molecular weight is 253 g/mol. The molecule has 0 unspecified atom stereocenters. The predicted molar refractivity (Wildman–Crippen MR) is 74.8 cm³/mol. The molecule has 4 heteroatoms. The lowest BCUT2D eigenvalue weighted by Crippen LogP contribution is -2.24. The molecule has 1 N–H and O–H groups in total. The van der Waals surface area contributed by atoms with Crippen LogP contribution in [0.2, 0.25) is 0 Å². The maximum Gasteiger partial charge on any atom is 0.108 e. The monoisotopic (exact) mass is 253 g/mol. The summed E-state index contributed by atoms with van der Waals surface area (Å²) in [5.41, 5.74) is 0. The number of nitrogens with zero attached hydrogens (tertiary/aromatic N) is 2. The molecule has 0 amide bonds. The van der Waals surface area contributed by atoms with Crippen LogP contribution in [0, 0.1) is 0 Å². The highest BCUT2D eigenvalue weighted by Gasteiger charge is 2.00. The fraction of sp³-hybridized carbons (Fsp3) is 0.786. The molecule has 0 saturated carbocycles. The van der Waals surface area contributed by atoms with Gasteiger partial charge in [0.25, 0.3) is 0 Å². The summed E-state index contributed by atoms with van der Waals surface area (Å²) in [5, 5.41) is 3.40. The molecule has 0 aliphatic heterocycles. The van der Waals surface area contributed by atoms with Gasteiger partial charge in [0.05, 0.1) is 6.61 Å². The molecule has 0 bridgehead atoms. The minimum Gasteiger partial charge on any atom is -0.380 e. The van der Waals surface area contributed by atoms with Crippen molar-refractivity contribution in [1.82, 2.24) is 14.9 Å². The van der Waals surface area contributed by atoms with Crippen molar-refractivity contribution in [3.8, 4) is 0 Å². The largest absolute Gasteiger partial charge is 0.380 e. The molecule has 4 nitrogen and oxygen atoms in total. The zero-order valence-corrected chi connectivity index (χ0v) is 11.8. The van der Waals surface area contributed by atoms with E-state index in [0.717, 1.165) is 52.1 Å². The van der Waals surface area contributed by atoms with Crippen LogP contribution in [0.15, 0.2) is 12.4 Å². The van der Waals surface area contributed by atoms with Crippen molar-refractivity contribution >= 4 is 0 Å². The third-order valence-corrected chi connectivity index (χ3v) is 2.87. The lowest BCUT2D eigenvalue weighted by molar-refractivity contribution is 0.133. The highest BCUT2D eigenvalue weighted by atomic mass is 16.5. The Hall–Kier alpha value is -0.870. The average Bonchev–Trinajstić information content (AvgIpc) is 2.81. The Bertz CT molecular complexity index is 299. The van der Waals surface area contributed by atoms with E-state index in [2.05, 4.69) is 34.9 Å². The lowest BCUT2D eigenvalue weighted by Gasteiger charge is -2.08. The van der Waals surface area contributed by atoms with Gasteiger partial charge in [-0.15, -0.1) is 0 Å². The molecule has 0 fully saturated rings. The number of aromatic nitrogens is 2. The smallest absolute Gasteiger partial charge is 0.108 e. The van der Waals surface area contributed by atoms with E-state index in [4.69, 9.17) is 4.74 Å². The van der Waals surface area contributed by atoms with Gasteiger partial charge >= 0.3 is 0 Å². The Morgan fingerprint density at radius 2 is 2.11 bits per heavy atom. The molecule has 1 aromatic heterocycles. The molecule has 1 heterocycles. The topological polar surface area (TPSA) is 39.1 Å². The van der Waals surface area contributed by atoms with Crippen LogP contribution in [-0.4, -0.2) is 35.9 Å². The first-order chi connectivity index (χ1) is 8.88. The van der Waals surface area contributed by atoms with Crippen LogP contribution in [-0.2, 0) is 17.7 Å². The van der Waals surface area contributed by atoms with Crippen molar-refractivity contribution in [3.63, 3.8) is 0 Å². The normalized spacial score (nSPS) is 11.0. The molecular weight excluding hydrogens is 226 g/mol. The molecular formula is C14H27N3O. The summed E-state index contributed by atoms with van der Waals surface area (Å²) in [6, 6.07) is 0. The van der Waals surface area contributed by atoms with E-state index in [0.29, 0.717) is 0 Å². The van der Waals surface area contributed by atoms with Gasteiger partial charge < -0.3 is 14.6 Å². The Kier molecular flexibility index (Phi) is 8.51. The number of hydrogen-bond acceptors (Lipinski definition) is 3. The summed E-state index contributed by atoms with van der Waals surface area (Å²) < 4.78 is 7.72. The van der Waals surface area contributed by atoms with Crippen LogP contribution < -0.4 is 5.32 Å². The molecule has 0 saturated heterocycles. The summed E-state index contributed by atoms with van der Waals surface area (Å²) in [6.07, 6.45) is 8.52. The molecule has 0 radical (unpaired) electrons. The number of rotatable bonds is 11. The van der Waals surface area contributed by atoms with E-state index in [1.54, 1.807) is 0 Å². The molecule has 18 heavy (non-hydrogen) atoms. The zero-order chi connectivity index (χ0) is 13.1. The van der Waals surface area contributed by atoms with Gasteiger partial charge in [-0.3, -0.25) is 0 Å². The van der Waals surface area contributed by atoms with E-state index in [1.165, 1.54) is 12.2 Å². The van der Waals surface area contributed by atoms with Gasteiger partial charge in [-0.05, 0) is 12.8 Å². The van der Waals surface area contributed by atoms with E-state index >= 15 is 0 Å². The quantitative estimate of drug-likeness (QED) is 0.615. The molecule has 1 rings (SSSR count). The Balaban J connectivity index is 2.01. The summed E-state index contributed by atoms with van der Waals surface area (Å²) >= 11 is 0. The molecule has 0 aromatic carbocycles. The van der Waals surface area contributed by atoms with Crippen LogP contribution in [0.25, 0.3) is 0 Å². The van der Waals surface area contributed by atoms with Crippen molar-refractivity contribution in [3.05, 3.63) is 18.2 Å². The molecule has 0 aliphatic carbocycles. The molecule has 1 aromatic rings. The molecule has 0 spiro atoms. The Morgan fingerprint density at radius 3 is 2.89 bits per heavy atom. The van der Waals surface area contributed by atoms with Crippen LogP contribution in [0.1, 0.15) is 38.9 Å². The summed E-state index contributed by atoms with van der Waals surface area (Å²) in [6.45, 7) is 8.97. The van der Waals surface area contributed by atoms with Crippen molar-refractivity contribution in [2.24, 2.45) is 0 Å². The highest BCUT2D eigenvalue weighted by Crippen LogP contribution is 2.00. The maximum atomic E-state index is 5.49. The Labute approximate surface area is 111 Å². The predicted octanol–water partition coefficient (Wildman–Crippen LogP) is 2.24. The third kappa shape index (κ3) is 6.17. The van der Waals surface area contributed by atoms with Crippen molar-refractivity contribution in [2.45, 2.75) is 46.1 Å². The number of ether oxygens (including phenoxy) is 1. The first kappa shape index (κ1) is 15.2. The van der Waals surface area contributed by atoms with E-state index in [1.807, 2.05) is 6.20 Å². The first-order valence-electron chi connectivity index (χ1n) is 7.17. The number of hydrogen-bond donors (Lipinski definition) is 1. The fourth-order valence-electron chi connectivity index (χ4n) is 1.81. The first-order valence-corrected chi connectivity index (χ1v) is 7.17. The van der Waals surface area contributed by atoms with Gasteiger partial charge in [0.15, 0.2) is 0 Å². The van der Waals surface area contributed by atoms with Gasteiger partial charge in [-0.2, -0.15) is 0 Å². The van der Waals surface area contributed by atoms with Gasteiger partial charge in [0.1, 0.15) is 5.82 Å². The molecule has 0 aliphatic rings. The van der Waals surface area contributed by atoms with Crippen molar-refractivity contribution in [1.29, 1.82) is 0 Å². The van der Waals surface area contributed by atoms with Gasteiger partial charge in [-0.1, -0.05) is 20.3 Å². The molecule has 104 valence electrons. The number of aryl methyl sites for hydroxylation is 1. The van der Waals surface area contributed by atoms with E-state index in [-0.39, 0.29) is 0 Å². The minimum absolute atomic E-state index is 0.811.